The molecule has 0 aliphatic heterocycles. The third-order valence-electron chi connectivity index (χ3n) is 2.09. The Morgan fingerprint density at radius 3 is 2.13 bits per heavy atom. The number of anilines is 1. The fraction of sp³-hybridized carbons (Fsp3) is 0.400. The molecule has 0 amide bonds. The van der Waals surface area contributed by atoms with E-state index >= 15 is 0 Å². The smallest absolute Gasteiger partial charge is 0.396 e. The van der Waals surface area contributed by atoms with Crippen LogP contribution in [0.1, 0.15) is 30.9 Å². The molecule has 0 heterocycles. The van der Waals surface area contributed by atoms with Crippen molar-refractivity contribution in [3.8, 4) is 0 Å². The molecule has 0 bridgehead atoms. The topological polar surface area (TPSA) is 26.0 Å². The summed E-state index contributed by atoms with van der Waals surface area (Å²) in [5, 5.41) is 0. The van der Waals surface area contributed by atoms with E-state index in [1.54, 1.807) is 0 Å². The molecule has 1 nitrogen and oxygen atoms in total. The summed E-state index contributed by atoms with van der Waals surface area (Å²) in [7, 11) is 0. The Morgan fingerprint density at radius 2 is 1.73 bits per heavy atom. The predicted octanol–water partition coefficient (Wildman–Crippen LogP) is 3.55. The van der Waals surface area contributed by atoms with Crippen LogP contribution in [0.5, 0.6) is 0 Å². The Morgan fingerprint density at radius 1 is 1.20 bits per heavy atom. The lowest BCUT2D eigenvalue weighted by Crippen LogP contribution is -2.13. The molecule has 0 aliphatic rings. The number of benzene rings is 1. The van der Waals surface area contributed by atoms with E-state index in [4.69, 9.17) is 5.73 Å². The molecule has 0 unspecified atom stereocenters. The third kappa shape index (κ3) is 2.22. The molecule has 1 aromatic carbocycles. The van der Waals surface area contributed by atoms with Crippen molar-refractivity contribution in [3.63, 3.8) is 0 Å². The average Bonchev–Trinajstić information content (AvgIpc) is 2.06. The quantitative estimate of drug-likeness (QED) is 0.569. The molecule has 0 aromatic heterocycles. The van der Waals surface area contributed by atoms with Crippen LogP contribution in [-0.4, -0.2) is 0 Å². The Balaban J connectivity index is 3.47. The predicted molar refractivity (Wildman–Crippen MR) is 49.9 cm³/mol. The van der Waals surface area contributed by atoms with Crippen molar-refractivity contribution < 1.29 is 17.6 Å². The Hall–Kier alpha value is -1.26. The Kier molecular flexibility index (Phi) is 2.93. The number of hydrogen-bond acceptors (Lipinski definition) is 1. The van der Waals surface area contributed by atoms with Crippen molar-refractivity contribution >= 4 is 5.69 Å². The molecule has 2 N–H and O–H groups in total. The lowest BCUT2D eigenvalue weighted by Gasteiger charge is -2.17. The first-order valence-electron chi connectivity index (χ1n) is 4.40. The first kappa shape index (κ1) is 11.8. The molecule has 0 radical (unpaired) electrons. The van der Waals surface area contributed by atoms with Crippen molar-refractivity contribution in [1.29, 1.82) is 0 Å². The maximum Gasteiger partial charge on any atom is 0.416 e. The summed E-state index contributed by atoms with van der Waals surface area (Å²) in [4.78, 5) is 0. The maximum absolute atomic E-state index is 13.4. The minimum absolute atomic E-state index is 0.258. The highest BCUT2D eigenvalue weighted by molar-refractivity contribution is 5.48. The molecule has 15 heavy (non-hydrogen) atoms. The highest BCUT2D eigenvalue weighted by atomic mass is 19.4. The SMILES string of the molecule is CC(C)c1c(C(F)(F)F)ccc(N)c1F. The number of nitrogen functional groups attached to an aromatic ring is 1. The van der Waals surface area contributed by atoms with E-state index in [1.807, 2.05) is 0 Å². The first-order valence-corrected chi connectivity index (χ1v) is 4.40. The van der Waals surface area contributed by atoms with E-state index in [-0.39, 0.29) is 11.3 Å². The van der Waals surface area contributed by atoms with Crippen LogP contribution in [-0.2, 0) is 6.18 Å². The van der Waals surface area contributed by atoms with Gasteiger partial charge in [-0.15, -0.1) is 0 Å². The zero-order chi connectivity index (χ0) is 11.8. The second kappa shape index (κ2) is 3.72. The van der Waals surface area contributed by atoms with Gasteiger partial charge in [-0.25, -0.2) is 4.39 Å². The van der Waals surface area contributed by atoms with Crippen molar-refractivity contribution in [2.24, 2.45) is 0 Å². The van der Waals surface area contributed by atoms with Crippen LogP contribution in [0.25, 0.3) is 0 Å². The summed E-state index contributed by atoms with van der Waals surface area (Å²) in [5.74, 6) is -1.54. The van der Waals surface area contributed by atoms with Crippen LogP contribution >= 0.6 is 0 Å². The fourth-order valence-electron chi connectivity index (χ4n) is 1.42. The maximum atomic E-state index is 13.4. The summed E-state index contributed by atoms with van der Waals surface area (Å²) in [5.41, 5.74) is 3.64. The Bertz CT molecular complexity index is 368. The van der Waals surface area contributed by atoms with E-state index in [9.17, 15) is 17.6 Å². The second-order valence-electron chi connectivity index (χ2n) is 3.58. The van der Waals surface area contributed by atoms with Crippen LogP contribution in [0.3, 0.4) is 0 Å². The summed E-state index contributed by atoms with van der Waals surface area (Å²) < 4.78 is 51.0. The average molecular weight is 221 g/mol. The lowest BCUT2D eigenvalue weighted by atomic mass is 9.95. The van der Waals surface area contributed by atoms with Gasteiger partial charge in [0, 0.05) is 5.56 Å². The van der Waals surface area contributed by atoms with Gasteiger partial charge in [-0.3, -0.25) is 0 Å². The third-order valence-corrected chi connectivity index (χ3v) is 2.09. The minimum atomic E-state index is -4.55. The van der Waals surface area contributed by atoms with Gasteiger partial charge in [0.15, 0.2) is 0 Å². The van der Waals surface area contributed by atoms with Crippen LogP contribution in [0.4, 0.5) is 23.2 Å². The molecule has 0 fully saturated rings. The molecule has 0 saturated heterocycles. The van der Waals surface area contributed by atoms with Crippen molar-refractivity contribution in [1.82, 2.24) is 0 Å². The lowest BCUT2D eigenvalue weighted by molar-refractivity contribution is -0.138. The standard InChI is InChI=1S/C10H11F4N/c1-5(2)8-6(10(12,13)14)3-4-7(15)9(8)11/h3-5H,15H2,1-2H3. The molecule has 5 heteroatoms. The highest BCUT2D eigenvalue weighted by Crippen LogP contribution is 2.37. The molecule has 0 spiro atoms. The van der Waals surface area contributed by atoms with Gasteiger partial charge < -0.3 is 5.73 Å². The van der Waals surface area contributed by atoms with E-state index in [2.05, 4.69) is 0 Å². The largest absolute Gasteiger partial charge is 0.416 e. The fourth-order valence-corrected chi connectivity index (χ4v) is 1.42. The minimum Gasteiger partial charge on any atom is -0.396 e. The van der Waals surface area contributed by atoms with Crippen LogP contribution in [0, 0.1) is 5.82 Å². The van der Waals surface area contributed by atoms with Gasteiger partial charge in [-0.2, -0.15) is 13.2 Å². The normalized spacial score (nSPS) is 12.2. The van der Waals surface area contributed by atoms with Crippen LogP contribution in [0.2, 0.25) is 0 Å². The molecular weight excluding hydrogens is 210 g/mol. The van der Waals surface area contributed by atoms with Crippen molar-refractivity contribution in [2.45, 2.75) is 25.9 Å². The molecular formula is C10H11F4N. The highest BCUT2D eigenvalue weighted by Gasteiger charge is 2.35. The summed E-state index contributed by atoms with van der Waals surface area (Å²) in [6.07, 6.45) is -4.55. The number of rotatable bonds is 1. The van der Waals surface area contributed by atoms with Gasteiger partial charge in [0.2, 0.25) is 0 Å². The van der Waals surface area contributed by atoms with Crippen LogP contribution in [0.15, 0.2) is 12.1 Å². The number of hydrogen-bond donors (Lipinski definition) is 1. The molecule has 0 atom stereocenters. The summed E-state index contributed by atoms with van der Waals surface area (Å²) >= 11 is 0. The zero-order valence-electron chi connectivity index (χ0n) is 8.32. The van der Waals surface area contributed by atoms with Gasteiger partial charge in [-0.05, 0) is 18.1 Å². The molecule has 0 saturated carbocycles. The molecule has 84 valence electrons. The van der Waals surface area contributed by atoms with Gasteiger partial charge in [0.05, 0.1) is 11.3 Å². The molecule has 1 aromatic rings. The van der Waals surface area contributed by atoms with Crippen molar-refractivity contribution in [3.05, 3.63) is 29.1 Å². The van der Waals surface area contributed by atoms with Crippen LogP contribution < -0.4 is 5.73 Å². The van der Waals surface area contributed by atoms with E-state index in [0.29, 0.717) is 0 Å². The number of halogens is 4. The number of nitrogens with two attached hydrogens (primary N) is 1. The monoisotopic (exact) mass is 221 g/mol. The van der Waals surface area contributed by atoms with Gasteiger partial charge in [0.25, 0.3) is 0 Å². The first-order chi connectivity index (χ1) is 6.75. The van der Waals surface area contributed by atoms with Crippen molar-refractivity contribution in [2.75, 3.05) is 5.73 Å². The molecule has 0 aliphatic carbocycles. The van der Waals surface area contributed by atoms with E-state index in [0.717, 1.165) is 12.1 Å². The summed E-state index contributed by atoms with van der Waals surface area (Å²) in [6.45, 7) is 2.99. The van der Waals surface area contributed by atoms with Gasteiger partial charge >= 0.3 is 6.18 Å². The zero-order valence-corrected chi connectivity index (χ0v) is 8.32. The van der Waals surface area contributed by atoms with E-state index < -0.39 is 23.5 Å². The second-order valence-corrected chi connectivity index (χ2v) is 3.58. The summed E-state index contributed by atoms with van der Waals surface area (Å²) in [6, 6.07) is 1.75. The van der Waals surface area contributed by atoms with E-state index in [1.165, 1.54) is 13.8 Å². The Labute approximate surface area is 84.9 Å². The molecule has 1 rings (SSSR count). The van der Waals surface area contributed by atoms with Gasteiger partial charge in [0.1, 0.15) is 5.82 Å². The van der Waals surface area contributed by atoms with Gasteiger partial charge in [-0.1, -0.05) is 13.8 Å². The number of alkyl halides is 3.